The number of amides is 1. The summed E-state index contributed by atoms with van der Waals surface area (Å²) in [5, 5.41) is 14.8. The third kappa shape index (κ3) is 9.74. The fraction of sp³-hybridized carbons (Fsp3) is 0.225. The molecule has 1 saturated heterocycles. The Bertz CT molecular complexity index is 2140. The summed E-state index contributed by atoms with van der Waals surface area (Å²) in [5.41, 5.74) is 4.44. The summed E-state index contributed by atoms with van der Waals surface area (Å²) in [6, 6.07) is 36.7. The summed E-state index contributed by atoms with van der Waals surface area (Å²) in [4.78, 5) is 29.6. The summed E-state index contributed by atoms with van der Waals surface area (Å²) in [6.07, 6.45) is 0. The van der Waals surface area contributed by atoms with Crippen molar-refractivity contribution in [2.75, 3.05) is 55.3 Å². The Morgan fingerprint density at radius 3 is 2.34 bits per heavy atom. The molecule has 0 radical (unpaired) electrons. The molecule has 1 fully saturated rings. The van der Waals surface area contributed by atoms with Gasteiger partial charge in [0.1, 0.15) is 11.4 Å². The molecule has 6 rings (SSSR count). The largest absolute Gasteiger partial charge is 0.494 e. The van der Waals surface area contributed by atoms with Crippen molar-refractivity contribution in [3.05, 3.63) is 143 Å². The van der Waals surface area contributed by atoms with Crippen LogP contribution in [0.3, 0.4) is 0 Å². The van der Waals surface area contributed by atoms with Gasteiger partial charge in [0.05, 0.1) is 16.4 Å². The van der Waals surface area contributed by atoms with Gasteiger partial charge in [0, 0.05) is 67.2 Å². The smallest absolute Gasteiger partial charge is 0.293 e. The number of benzene rings is 5. The average Bonchev–Trinajstić information content (AvgIpc) is 3.17. The molecule has 1 aliphatic heterocycles. The lowest BCUT2D eigenvalue weighted by molar-refractivity contribution is -0.384. The van der Waals surface area contributed by atoms with E-state index >= 15 is 0 Å². The minimum atomic E-state index is -4.39. The highest BCUT2D eigenvalue weighted by molar-refractivity contribution is 7.99. The van der Waals surface area contributed by atoms with Gasteiger partial charge in [0.2, 0.25) is 0 Å². The van der Waals surface area contributed by atoms with E-state index in [1.807, 2.05) is 49.4 Å². The lowest BCUT2D eigenvalue weighted by Crippen LogP contribution is -2.46. The van der Waals surface area contributed by atoms with Gasteiger partial charge in [0.15, 0.2) is 0 Å². The van der Waals surface area contributed by atoms with Crippen molar-refractivity contribution in [2.45, 2.75) is 23.3 Å². The van der Waals surface area contributed by atoms with Gasteiger partial charge >= 0.3 is 0 Å². The van der Waals surface area contributed by atoms with Crippen LogP contribution in [0.4, 0.5) is 17.1 Å². The first kappa shape index (κ1) is 37.4. The van der Waals surface area contributed by atoms with Crippen molar-refractivity contribution in [3.8, 4) is 16.9 Å². The molecule has 5 aromatic carbocycles. The van der Waals surface area contributed by atoms with Gasteiger partial charge in [-0.15, -0.1) is 11.8 Å². The van der Waals surface area contributed by atoms with Gasteiger partial charge < -0.3 is 15.0 Å². The molecule has 0 unspecified atom stereocenters. The summed E-state index contributed by atoms with van der Waals surface area (Å²) in [7, 11) is -4.39. The zero-order valence-electron chi connectivity index (χ0n) is 29.3. The zero-order valence-corrected chi connectivity index (χ0v) is 30.9. The molecular formula is C40H41N5O6S2. The summed E-state index contributed by atoms with van der Waals surface area (Å²) >= 11 is 1.59. The molecular weight excluding hydrogens is 711 g/mol. The molecule has 13 heteroatoms. The normalized spacial score (nSPS) is 13.3. The van der Waals surface area contributed by atoms with Crippen LogP contribution < -0.4 is 19.7 Å². The monoisotopic (exact) mass is 751 g/mol. The van der Waals surface area contributed by atoms with Crippen LogP contribution in [0.25, 0.3) is 11.1 Å². The molecule has 0 aromatic heterocycles. The van der Waals surface area contributed by atoms with E-state index in [0.717, 1.165) is 60.7 Å². The second-order valence-electron chi connectivity index (χ2n) is 12.4. The fourth-order valence-electron chi connectivity index (χ4n) is 6.18. The third-order valence-electron chi connectivity index (χ3n) is 8.87. The molecule has 0 atom stereocenters. The number of sulfonamides is 1. The van der Waals surface area contributed by atoms with Crippen LogP contribution in [-0.4, -0.2) is 69.2 Å². The molecule has 1 amide bonds. The SMILES string of the molecule is CCOc1cccc(-c2ccccc2CN2CCN(c3ccc(C(=O)NS(=O)(=O)c4ccc(NCCSc5ccccc5)c([N+](=O)[O-])c4)cc3)CC2)c1. The first-order valence-electron chi connectivity index (χ1n) is 17.4. The standard InChI is InChI=1S/C40H41N5O6S2/c1-2-51-34-11-8-10-31(27-34)37-14-7-6-9-32(37)29-43-22-24-44(25-23-43)33-17-15-30(16-18-33)40(46)42-53(49,50)36-19-20-38(39(28-36)45(47)48)41-21-26-52-35-12-4-3-5-13-35/h3-20,27-28,41H,2,21-26,29H2,1H3,(H,42,46). The van der Waals surface area contributed by atoms with Gasteiger partial charge in [-0.05, 0) is 84.3 Å². The molecule has 0 saturated carbocycles. The molecule has 1 heterocycles. The van der Waals surface area contributed by atoms with Crippen molar-refractivity contribution in [2.24, 2.45) is 0 Å². The molecule has 5 aromatic rings. The van der Waals surface area contributed by atoms with E-state index < -0.39 is 26.5 Å². The van der Waals surface area contributed by atoms with E-state index in [-0.39, 0.29) is 16.1 Å². The van der Waals surface area contributed by atoms with Crippen LogP contribution >= 0.6 is 11.8 Å². The van der Waals surface area contributed by atoms with Gasteiger partial charge in [-0.3, -0.25) is 19.8 Å². The number of rotatable bonds is 15. The number of hydrogen-bond donors (Lipinski definition) is 2. The number of piperazine rings is 1. The quantitative estimate of drug-likeness (QED) is 0.0486. The first-order chi connectivity index (χ1) is 25.7. The highest BCUT2D eigenvalue weighted by Crippen LogP contribution is 2.30. The van der Waals surface area contributed by atoms with E-state index in [1.54, 1.807) is 36.0 Å². The van der Waals surface area contributed by atoms with Crippen molar-refractivity contribution in [3.63, 3.8) is 0 Å². The van der Waals surface area contributed by atoms with Gasteiger partial charge in [0.25, 0.3) is 21.6 Å². The van der Waals surface area contributed by atoms with Crippen LogP contribution in [0.5, 0.6) is 5.75 Å². The number of carbonyl (C=O) groups excluding carboxylic acids is 1. The van der Waals surface area contributed by atoms with Gasteiger partial charge in [-0.2, -0.15) is 0 Å². The third-order valence-corrected chi connectivity index (χ3v) is 11.2. The first-order valence-corrected chi connectivity index (χ1v) is 19.8. The minimum Gasteiger partial charge on any atom is -0.494 e. The number of ether oxygens (including phenoxy) is 1. The lowest BCUT2D eigenvalue weighted by Gasteiger charge is -2.36. The summed E-state index contributed by atoms with van der Waals surface area (Å²) < 4.78 is 34.1. The van der Waals surface area contributed by atoms with E-state index in [9.17, 15) is 23.3 Å². The number of nitro groups is 1. The second-order valence-corrected chi connectivity index (χ2v) is 15.2. The Labute approximate surface area is 314 Å². The van der Waals surface area contributed by atoms with Crippen LogP contribution in [-0.2, 0) is 16.6 Å². The molecule has 1 aliphatic rings. The number of nitro benzene ring substituents is 1. The van der Waals surface area contributed by atoms with E-state index in [2.05, 4.69) is 56.2 Å². The van der Waals surface area contributed by atoms with Crippen LogP contribution in [0.2, 0.25) is 0 Å². The lowest BCUT2D eigenvalue weighted by atomic mass is 9.99. The maximum Gasteiger partial charge on any atom is 0.293 e. The van der Waals surface area contributed by atoms with Gasteiger partial charge in [-0.25, -0.2) is 13.1 Å². The Kier molecular flexibility index (Phi) is 12.3. The topological polar surface area (TPSA) is 134 Å². The summed E-state index contributed by atoms with van der Waals surface area (Å²) in [5.74, 6) is 0.676. The van der Waals surface area contributed by atoms with E-state index in [4.69, 9.17) is 4.74 Å². The maximum atomic E-state index is 13.1. The molecule has 2 N–H and O–H groups in total. The number of nitrogens with one attached hydrogen (secondary N) is 2. The second kappa shape index (κ2) is 17.4. The minimum absolute atomic E-state index is 0.157. The Morgan fingerprint density at radius 1 is 0.868 bits per heavy atom. The highest BCUT2D eigenvalue weighted by Gasteiger charge is 2.24. The molecule has 53 heavy (non-hydrogen) atoms. The van der Waals surface area contributed by atoms with E-state index in [1.165, 1.54) is 23.3 Å². The Hall–Kier alpha value is -5.37. The molecule has 0 aliphatic carbocycles. The number of carbonyl (C=O) groups is 1. The van der Waals surface area contributed by atoms with Crippen LogP contribution in [0.1, 0.15) is 22.8 Å². The average molecular weight is 752 g/mol. The van der Waals surface area contributed by atoms with Crippen molar-refractivity contribution >= 4 is 44.8 Å². The van der Waals surface area contributed by atoms with Crippen LogP contribution in [0.15, 0.2) is 131 Å². The number of anilines is 2. The van der Waals surface area contributed by atoms with E-state index in [0.29, 0.717) is 18.9 Å². The molecule has 0 spiro atoms. The summed E-state index contributed by atoms with van der Waals surface area (Å²) in [6.45, 7) is 7.11. The van der Waals surface area contributed by atoms with Crippen molar-refractivity contribution in [1.29, 1.82) is 0 Å². The van der Waals surface area contributed by atoms with Crippen molar-refractivity contribution < 1.29 is 22.9 Å². The zero-order chi connectivity index (χ0) is 37.2. The molecule has 274 valence electrons. The maximum absolute atomic E-state index is 13.1. The Balaban J connectivity index is 1.03. The molecule has 11 nitrogen and oxygen atoms in total. The molecule has 0 bridgehead atoms. The number of nitrogens with zero attached hydrogens (tertiary/aromatic N) is 3. The van der Waals surface area contributed by atoms with Crippen molar-refractivity contribution in [1.82, 2.24) is 9.62 Å². The predicted molar refractivity (Wildman–Crippen MR) is 210 cm³/mol. The number of thioether (sulfide) groups is 1. The fourth-order valence-corrected chi connectivity index (χ4v) is 7.96. The predicted octanol–water partition coefficient (Wildman–Crippen LogP) is 7.31. The van der Waals surface area contributed by atoms with Gasteiger partial charge in [-0.1, -0.05) is 54.6 Å². The number of hydrogen-bond acceptors (Lipinski definition) is 10. The Morgan fingerprint density at radius 2 is 1.60 bits per heavy atom. The van der Waals surface area contributed by atoms with Crippen LogP contribution in [0, 0.1) is 10.1 Å². The highest BCUT2D eigenvalue weighted by atomic mass is 32.2.